The minimum Gasteiger partial charge on any atom is -0.324 e. The Morgan fingerprint density at radius 3 is 2.87 bits per heavy atom. The summed E-state index contributed by atoms with van der Waals surface area (Å²) in [5.41, 5.74) is 0.692. The minimum atomic E-state index is -0.212. The van der Waals surface area contributed by atoms with Crippen LogP contribution in [0, 0.1) is 0 Å². The Bertz CT molecular complexity index is 585. The molecule has 0 fully saturated rings. The van der Waals surface area contributed by atoms with Crippen molar-refractivity contribution in [1.29, 1.82) is 0 Å². The summed E-state index contributed by atoms with van der Waals surface area (Å²) in [4.78, 5) is 23.5. The molecule has 0 saturated heterocycles. The van der Waals surface area contributed by atoms with E-state index in [4.69, 9.17) is 0 Å². The van der Waals surface area contributed by atoms with Crippen molar-refractivity contribution >= 4 is 38.8 Å². The summed E-state index contributed by atoms with van der Waals surface area (Å²) in [7, 11) is 0. The molecule has 0 atom stereocenters. The maximum atomic E-state index is 11.6. The lowest BCUT2D eigenvalue weighted by Gasteiger charge is -2.11. The predicted octanol–water partition coefficient (Wildman–Crippen LogP) is 2.43. The van der Waals surface area contributed by atoms with Crippen LogP contribution in [0.25, 0.3) is 10.1 Å². The molecule has 0 aliphatic carbocycles. The van der Waals surface area contributed by atoms with Crippen LogP contribution in [-0.4, -0.2) is 11.7 Å². The molecule has 4 heteroatoms. The molecule has 15 heavy (non-hydrogen) atoms. The van der Waals surface area contributed by atoms with Gasteiger partial charge in [0, 0.05) is 10.1 Å². The van der Waals surface area contributed by atoms with Gasteiger partial charge in [0.25, 0.3) is 0 Å². The molecule has 3 rings (SSSR count). The van der Waals surface area contributed by atoms with E-state index in [1.807, 2.05) is 24.3 Å². The van der Waals surface area contributed by atoms with Gasteiger partial charge < -0.3 is 5.32 Å². The zero-order valence-electron chi connectivity index (χ0n) is 7.74. The fraction of sp³-hybridized carbons (Fsp3) is 0.0909. The average molecular weight is 217 g/mol. The second-order valence-corrected chi connectivity index (χ2v) is 4.50. The van der Waals surface area contributed by atoms with E-state index in [0.717, 1.165) is 10.1 Å². The molecular weight excluding hydrogens is 210 g/mol. The van der Waals surface area contributed by atoms with Crippen LogP contribution in [0.5, 0.6) is 0 Å². The fourth-order valence-electron chi connectivity index (χ4n) is 1.78. The van der Waals surface area contributed by atoms with Crippen LogP contribution in [0.2, 0.25) is 0 Å². The van der Waals surface area contributed by atoms with Crippen molar-refractivity contribution in [2.45, 2.75) is 6.42 Å². The number of anilines is 1. The molecule has 0 radical (unpaired) electrons. The number of nitrogens with one attached hydrogen (secondary N) is 1. The van der Waals surface area contributed by atoms with Crippen molar-refractivity contribution in [1.82, 2.24) is 0 Å². The monoisotopic (exact) mass is 217 g/mol. The van der Waals surface area contributed by atoms with Gasteiger partial charge in [-0.25, -0.2) is 0 Å². The smallest absolute Gasteiger partial charge is 0.232 e. The molecule has 2 aromatic rings. The highest BCUT2D eigenvalue weighted by molar-refractivity contribution is 7.21. The van der Waals surface area contributed by atoms with Crippen LogP contribution in [0.15, 0.2) is 24.3 Å². The summed E-state index contributed by atoms with van der Waals surface area (Å²) < 4.78 is 1.04. The highest BCUT2D eigenvalue weighted by atomic mass is 32.1. The molecule has 0 saturated carbocycles. The van der Waals surface area contributed by atoms with Gasteiger partial charge in [0.2, 0.25) is 5.91 Å². The summed E-state index contributed by atoms with van der Waals surface area (Å²) in [6, 6.07) is 7.71. The molecule has 1 aliphatic rings. The molecule has 1 aliphatic heterocycles. The molecule has 0 bridgehead atoms. The van der Waals surface area contributed by atoms with Crippen LogP contribution in [-0.2, 0) is 4.79 Å². The minimum absolute atomic E-state index is 0.0280. The third-order valence-corrected chi connectivity index (χ3v) is 3.65. The molecule has 1 N–H and O–H groups in total. The van der Waals surface area contributed by atoms with E-state index in [-0.39, 0.29) is 18.1 Å². The van der Waals surface area contributed by atoms with Gasteiger partial charge in [-0.1, -0.05) is 18.2 Å². The second-order valence-electron chi connectivity index (χ2n) is 3.45. The zero-order valence-corrected chi connectivity index (χ0v) is 8.56. The molecular formula is C11H7NO2S. The molecule has 0 unspecified atom stereocenters. The molecule has 1 aromatic heterocycles. The van der Waals surface area contributed by atoms with Gasteiger partial charge in [-0.05, 0) is 6.07 Å². The van der Waals surface area contributed by atoms with E-state index in [1.54, 1.807) is 0 Å². The van der Waals surface area contributed by atoms with Gasteiger partial charge in [-0.15, -0.1) is 11.3 Å². The quantitative estimate of drug-likeness (QED) is 0.689. The highest BCUT2D eigenvalue weighted by Crippen LogP contribution is 2.38. The average Bonchev–Trinajstić information content (AvgIpc) is 2.57. The maximum absolute atomic E-state index is 11.6. The number of carbonyl (C=O) groups is 2. The summed E-state index contributed by atoms with van der Waals surface area (Å²) in [6.45, 7) is 0. The van der Waals surface area contributed by atoms with E-state index in [2.05, 4.69) is 5.32 Å². The van der Waals surface area contributed by atoms with E-state index >= 15 is 0 Å². The Labute approximate surface area is 89.7 Å². The lowest BCUT2D eigenvalue weighted by atomic mass is 10.1. The Morgan fingerprint density at radius 1 is 1.20 bits per heavy atom. The van der Waals surface area contributed by atoms with Crippen molar-refractivity contribution in [3.8, 4) is 0 Å². The first-order chi connectivity index (χ1) is 7.25. The van der Waals surface area contributed by atoms with Gasteiger partial charge in [0.05, 0.1) is 17.0 Å². The lowest BCUT2D eigenvalue weighted by Crippen LogP contribution is -2.22. The molecule has 74 valence electrons. The van der Waals surface area contributed by atoms with Crippen molar-refractivity contribution in [3.63, 3.8) is 0 Å². The topological polar surface area (TPSA) is 46.2 Å². The largest absolute Gasteiger partial charge is 0.324 e. The first-order valence-corrected chi connectivity index (χ1v) is 5.42. The number of ketones is 1. The normalized spacial score (nSPS) is 15.2. The second kappa shape index (κ2) is 2.90. The van der Waals surface area contributed by atoms with Crippen LogP contribution < -0.4 is 5.32 Å². The van der Waals surface area contributed by atoms with E-state index in [0.29, 0.717) is 10.6 Å². The highest BCUT2D eigenvalue weighted by Gasteiger charge is 2.26. The number of thiophene rings is 1. The molecule has 1 aromatic carbocycles. The number of carbonyl (C=O) groups excluding carboxylic acids is 2. The number of Topliss-reactive ketones (excluding diaryl/α,β-unsaturated/α-hetero) is 1. The van der Waals surface area contributed by atoms with Crippen LogP contribution >= 0.6 is 11.3 Å². The Hall–Kier alpha value is -1.68. The third-order valence-electron chi connectivity index (χ3n) is 2.43. The van der Waals surface area contributed by atoms with Gasteiger partial charge in [0.1, 0.15) is 0 Å². The molecule has 0 spiro atoms. The van der Waals surface area contributed by atoms with E-state index in [1.165, 1.54) is 11.3 Å². The van der Waals surface area contributed by atoms with Gasteiger partial charge >= 0.3 is 0 Å². The molecule has 2 heterocycles. The zero-order chi connectivity index (χ0) is 10.4. The van der Waals surface area contributed by atoms with Crippen LogP contribution in [0.3, 0.4) is 0 Å². The SMILES string of the molecule is O=C1CC(=O)c2sc3ccccc3c2N1. The number of rotatable bonds is 0. The van der Waals surface area contributed by atoms with E-state index < -0.39 is 0 Å². The summed E-state index contributed by atoms with van der Waals surface area (Å²) in [5.74, 6) is -0.286. The van der Waals surface area contributed by atoms with Gasteiger partial charge in [0.15, 0.2) is 5.78 Å². The van der Waals surface area contributed by atoms with Crippen LogP contribution in [0.1, 0.15) is 16.1 Å². The third kappa shape index (κ3) is 1.18. The number of benzene rings is 1. The number of hydrogen-bond acceptors (Lipinski definition) is 3. The Balaban J connectivity index is 2.36. The first-order valence-electron chi connectivity index (χ1n) is 4.60. The van der Waals surface area contributed by atoms with Crippen molar-refractivity contribution in [3.05, 3.63) is 29.1 Å². The number of hydrogen-bond donors (Lipinski definition) is 1. The van der Waals surface area contributed by atoms with E-state index in [9.17, 15) is 9.59 Å². The summed E-state index contributed by atoms with van der Waals surface area (Å²) >= 11 is 1.45. The lowest BCUT2D eigenvalue weighted by molar-refractivity contribution is -0.115. The van der Waals surface area contributed by atoms with Crippen LogP contribution in [0.4, 0.5) is 5.69 Å². The Kier molecular flexibility index (Phi) is 1.67. The summed E-state index contributed by atoms with van der Waals surface area (Å²) in [6.07, 6.45) is -0.0280. The molecule has 3 nitrogen and oxygen atoms in total. The van der Waals surface area contributed by atoms with Gasteiger partial charge in [-0.3, -0.25) is 9.59 Å². The Morgan fingerprint density at radius 2 is 2.00 bits per heavy atom. The standard InChI is InChI=1S/C11H7NO2S/c13-7-5-9(14)12-10-6-3-1-2-4-8(6)15-11(7)10/h1-4H,5H2,(H,12,14). The van der Waals surface area contributed by atoms with Gasteiger partial charge in [-0.2, -0.15) is 0 Å². The number of amides is 1. The first kappa shape index (κ1) is 8.61. The predicted molar refractivity (Wildman–Crippen MR) is 59.4 cm³/mol. The maximum Gasteiger partial charge on any atom is 0.232 e. The number of fused-ring (bicyclic) bond motifs is 3. The van der Waals surface area contributed by atoms with Crippen molar-refractivity contribution < 1.29 is 9.59 Å². The van der Waals surface area contributed by atoms with Crippen molar-refractivity contribution in [2.24, 2.45) is 0 Å². The van der Waals surface area contributed by atoms with Crippen molar-refractivity contribution in [2.75, 3.05) is 5.32 Å². The fourth-order valence-corrected chi connectivity index (χ4v) is 2.87. The molecule has 1 amide bonds. The summed E-state index contributed by atoms with van der Waals surface area (Å²) in [5, 5.41) is 3.72.